The van der Waals surface area contributed by atoms with Gasteiger partial charge in [0.25, 0.3) is 11.8 Å². The summed E-state index contributed by atoms with van der Waals surface area (Å²) in [6.45, 7) is -0.0658. The first-order valence-electron chi connectivity index (χ1n) is 7.95. The molecule has 2 heterocycles. The lowest BCUT2D eigenvalue weighted by molar-refractivity contribution is 0.0438. The molecule has 0 N–H and O–H groups in total. The molecule has 24 heavy (non-hydrogen) atoms. The second-order valence-electron chi connectivity index (χ2n) is 5.74. The number of nitrogens with zero attached hydrogens (tertiary/aromatic N) is 2. The summed E-state index contributed by atoms with van der Waals surface area (Å²) < 4.78 is 15.9. The normalized spacial score (nSPS) is 13.5. The summed E-state index contributed by atoms with van der Waals surface area (Å²) in [6.07, 6.45) is 6.01. The molecule has 3 aromatic rings. The van der Waals surface area contributed by atoms with E-state index < -0.39 is 0 Å². The van der Waals surface area contributed by atoms with Crippen LogP contribution in [0.4, 0.5) is 0 Å². The molecule has 0 aliphatic heterocycles. The van der Waals surface area contributed by atoms with Crippen LogP contribution in [0, 0.1) is 0 Å². The highest BCUT2D eigenvalue weighted by Gasteiger charge is 2.16. The van der Waals surface area contributed by atoms with Crippen LogP contribution in [0.25, 0.3) is 11.7 Å². The average Bonchev–Trinajstić information content (AvgIpc) is 3.30. The molecule has 122 valence electrons. The van der Waals surface area contributed by atoms with Crippen LogP contribution < -0.4 is 0 Å². The number of carbonyl (C=O) groups is 1. The number of hydrogen-bond acceptors (Lipinski definition) is 6. The van der Waals surface area contributed by atoms with Gasteiger partial charge in [0.15, 0.2) is 12.4 Å². The molecule has 1 aliphatic carbocycles. The zero-order chi connectivity index (χ0) is 16.4. The predicted octanol–water partition coefficient (Wildman–Crippen LogP) is 3.57. The highest BCUT2D eigenvalue weighted by molar-refractivity contribution is 5.89. The first-order valence-corrected chi connectivity index (χ1v) is 7.95. The summed E-state index contributed by atoms with van der Waals surface area (Å²) in [5, 5.41) is 7.72. The van der Waals surface area contributed by atoms with E-state index >= 15 is 0 Å². The molecule has 0 saturated heterocycles. The summed E-state index contributed by atoms with van der Waals surface area (Å²) in [5.41, 5.74) is 3.13. The lowest BCUT2D eigenvalue weighted by Crippen LogP contribution is -2.09. The Morgan fingerprint density at radius 2 is 2.00 bits per heavy atom. The van der Waals surface area contributed by atoms with E-state index in [2.05, 4.69) is 10.2 Å². The van der Waals surface area contributed by atoms with Crippen molar-refractivity contribution >= 4 is 5.97 Å². The van der Waals surface area contributed by atoms with Crippen LogP contribution >= 0.6 is 0 Å². The van der Waals surface area contributed by atoms with Gasteiger partial charge >= 0.3 is 5.97 Å². The minimum absolute atomic E-state index is 0.0658. The van der Waals surface area contributed by atoms with Crippen LogP contribution in [0.5, 0.6) is 0 Å². The van der Waals surface area contributed by atoms with Crippen LogP contribution in [0.2, 0.25) is 0 Å². The number of furan rings is 1. The van der Waals surface area contributed by atoms with Gasteiger partial charge in [-0.15, -0.1) is 10.2 Å². The van der Waals surface area contributed by atoms with E-state index in [0.29, 0.717) is 11.3 Å². The Kier molecular flexibility index (Phi) is 3.86. The first kappa shape index (κ1) is 14.7. The number of aromatic nitrogens is 2. The van der Waals surface area contributed by atoms with E-state index in [0.717, 1.165) is 12.8 Å². The maximum Gasteiger partial charge on any atom is 0.338 e. The minimum Gasteiger partial charge on any atom is -0.459 e. The Hall–Kier alpha value is -2.89. The Morgan fingerprint density at radius 1 is 1.12 bits per heavy atom. The molecule has 1 aliphatic rings. The maximum atomic E-state index is 12.2. The number of rotatable bonds is 4. The predicted molar refractivity (Wildman–Crippen MR) is 84.2 cm³/mol. The Balaban J connectivity index is 1.41. The van der Waals surface area contributed by atoms with Gasteiger partial charge in [0, 0.05) is 0 Å². The Morgan fingerprint density at radius 3 is 2.83 bits per heavy atom. The maximum absolute atomic E-state index is 12.2. The Labute approximate surface area is 138 Å². The highest BCUT2D eigenvalue weighted by atomic mass is 16.5. The summed E-state index contributed by atoms with van der Waals surface area (Å²) >= 11 is 0. The van der Waals surface area contributed by atoms with E-state index in [1.165, 1.54) is 30.2 Å². The van der Waals surface area contributed by atoms with Crippen molar-refractivity contribution < 1.29 is 18.4 Å². The van der Waals surface area contributed by atoms with Crippen LogP contribution in [0.15, 0.2) is 45.4 Å². The van der Waals surface area contributed by atoms with E-state index in [1.54, 1.807) is 12.1 Å². The largest absolute Gasteiger partial charge is 0.459 e. The van der Waals surface area contributed by atoms with Crippen molar-refractivity contribution in [3.63, 3.8) is 0 Å². The fraction of sp³-hybridized carbons (Fsp3) is 0.278. The van der Waals surface area contributed by atoms with Gasteiger partial charge in [0.05, 0.1) is 11.8 Å². The van der Waals surface area contributed by atoms with Crippen LogP contribution in [0.1, 0.15) is 40.2 Å². The van der Waals surface area contributed by atoms with Crippen molar-refractivity contribution in [3.8, 4) is 11.7 Å². The summed E-state index contributed by atoms with van der Waals surface area (Å²) in [6, 6.07) is 9.21. The van der Waals surface area contributed by atoms with E-state index in [-0.39, 0.29) is 24.4 Å². The van der Waals surface area contributed by atoms with Crippen molar-refractivity contribution in [2.45, 2.75) is 32.3 Å². The first-order chi connectivity index (χ1) is 11.8. The molecule has 6 nitrogen and oxygen atoms in total. The standard InChI is InChI=1S/C18H16N2O4/c21-18(14-8-7-12-4-1-2-5-13(12)10-14)23-11-16-19-20-17(24-16)15-6-3-9-22-15/h3,6-10H,1-2,4-5,11H2. The van der Waals surface area contributed by atoms with Gasteiger partial charge in [0.2, 0.25) is 0 Å². The zero-order valence-electron chi connectivity index (χ0n) is 13.0. The number of aryl methyl sites for hydroxylation is 2. The Bertz CT molecular complexity index is 852. The summed E-state index contributed by atoms with van der Waals surface area (Å²) in [5.74, 6) is 0.587. The van der Waals surface area contributed by atoms with Crippen LogP contribution in [-0.4, -0.2) is 16.2 Å². The third kappa shape index (κ3) is 2.95. The number of carbonyl (C=O) groups excluding carboxylic acids is 1. The van der Waals surface area contributed by atoms with Gasteiger partial charge in [-0.3, -0.25) is 0 Å². The molecular formula is C18H16N2O4. The van der Waals surface area contributed by atoms with Gasteiger partial charge in [-0.05, 0) is 61.1 Å². The van der Waals surface area contributed by atoms with Crippen molar-refractivity contribution in [1.82, 2.24) is 10.2 Å². The monoisotopic (exact) mass is 324 g/mol. The lowest BCUT2D eigenvalue weighted by atomic mass is 9.90. The van der Waals surface area contributed by atoms with Gasteiger partial charge in [-0.1, -0.05) is 6.07 Å². The van der Waals surface area contributed by atoms with Crippen molar-refractivity contribution in [1.29, 1.82) is 0 Å². The van der Waals surface area contributed by atoms with E-state index in [4.69, 9.17) is 13.6 Å². The third-order valence-electron chi connectivity index (χ3n) is 4.11. The molecule has 0 amide bonds. The molecule has 0 fully saturated rings. The van der Waals surface area contributed by atoms with Gasteiger partial charge in [-0.25, -0.2) is 4.79 Å². The quantitative estimate of drug-likeness (QED) is 0.683. The van der Waals surface area contributed by atoms with Gasteiger partial charge in [0.1, 0.15) is 0 Å². The van der Waals surface area contributed by atoms with Crippen molar-refractivity contribution in [2.24, 2.45) is 0 Å². The number of benzene rings is 1. The fourth-order valence-electron chi connectivity index (χ4n) is 2.88. The molecule has 4 rings (SSSR count). The smallest absolute Gasteiger partial charge is 0.338 e. The molecule has 6 heteroatoms. The van der Waals surface area contributed by atoms with Crippen LogP contribution in [-0.2, 0) is 24.2 Å². The number of hydrogen-bond donors (Lipinski definition) is 0. The SMILES string of the molecule is O=C(OCc1nnc(-c2ccco2)o1)c1ccc2c(c1)CCCC2. The summed E-state index contributed by atoms with van der Waals surface area (Å²) in [7, 11) is 0. The molecule has 0 spiro atoms. The molecule has 0 saturated carbocycles. The number of ether oxygens (including phenoxy) is 1. The second-order valence-corrected chi connectivity index (χ2v) is 5.74. The third-order valence-corrected chi connectivity index (χ3v) is 4.11. The molecule has 2 aromatic heterocycles. The van der Waals surface area contributed by atoms with Gasteiger partial charge in [-0.2, -0.15) is 0 Å². The zero-order valence-corrected chi connectivity index (χ0v) is 13.0. The fourth-order valence-corrected chi connectivity index (χ4v) is 2.88. The summed E-state index contributed by atoms with van der Waals surface area (Å²) in [4.78, 5) is 12.2. The highest BCUT2D eigenvalue weighted by Crippen LogP contribution is 2.23. The molecule has 0 unspecified atom stereocenters. The number of esters is 1. The van der Waals surface area contributed by atoms with Crippen molar-refractivity contribution in [2.75, 3.05) is 0 Å². The van der Waals surface area contributed by atoms with Crippen molar-refractivity contribution in [3.05, 3.63) is 59.2 Å². The molecular weight excluding hydrogens is 308 g/mol. The van der Waals surface area contributed by atoms with Gasteiger partial charge < -0.3 is 13.6 Å². The topological polar surface area (TPSA) is 78.4 Å². The molecule has 1 aromatic carbocycles. The van der Waals surface area contributed by atoms with E-state index in [1.807, 2.05) is 18.2 Å². The molecule has 0 atom stereocenters. The second kappa shape index (κ2) is 6.31. The van der Waals surface area contributed by atoms with E-state index in [9.17, 15) is 4.79 Å². The minimum atomic E-state index is -0.388. The molecule has 0 radical (unpaired) electrons. The number of fused-ring (bicyclic) bond motifs is 1. The molecule has 0 bridgehead atoms. The average molecular weight is 324 g/mol. The lowest BCUT2D eigenvalue weighted by Gasteiger charge is -2.16. The van der Waals surface area contributed by atoms with Crippen LogP contribution in [0.3, 0.4) is 0 Å².